The van der Waals surface area contributed by atoms with E-state index in [2.05, 4.69) is 77.2 Å². The molecule has 5 aromatic rings. The number of likely N-dealkylation sites (N-methyl/N-ethyl adjacent to an activating group) is 1. The maximum Gasteiger partial charge on any atom is 0.127 e. The molecule has 42 heavy (non-hydrogen) atoms. The molecule has 3 aromatic heterocycles. The van der Waals surface area contributed by atoms with Gasteiger partial charge in [-0.15, -0.1) is 0 Å². The van der Waals surface area contributed by atoms with E-state index < -0.39 is 0 Å². The number of fused-ring (bicyclic) bond motifs is 1. The van der Waals surface area contributed by atoms with Gasteiger partial charge in [-0.25, -0.2) is 4.39 Å². The highest BCUT2D eigenvalue weighted by atomic mass is 19.1. The summed E-state index contributed by atoms with van der Waals surface area (Å²) < 4.78 is 20.6. The van der Waals surface area contributed by atoms with E-state index in [0.29, 0.717) is 17.9 Å². The van der Waals surface area contributed by atoms with Crippen LogP contribution in [-0.2, 0) is 6.54 Å². The van der Waals surface area contributed by atoms with Gasteiger partial charge >= 0.3 is 0 Å². The first-order valence-electron chi connectivity index (χ1n) is 13.9. The molecule has 216 valence electrons. The number of allylic oxidation sites excluding steroid dienone is 2. The number of nitrogens with zero attached hydrogens (tertiary/aromatic N) is 4. The van der Waals surface area contributed by atoms with Gasteiger partial charge in [-0.1, -0.05) is 36.9 Å². The minimum atomic E-state index is -0.358. The Morgan fingerprint density at radius 1 is 1.05 bits per heavy atom. The van der Waals surface area contributed by atoms with Crippen molar-refractivity contribution < 1.29 is 9.13 Å². The van der Waals surface area contributed by atoms with Gasteiger partial charge < -0.3 is 19.5 Å². The van der Waals surface area contributed by atoms with E-state index in [1.807, 2.05) is 44.3 Å². The topological polar surface area (TPSA) is 73.1 Å². The number of nitrogens with one attached hydrogen (secondary N) is 2. The zero-order chi connectivity index (χ0) is 29.8. The molecule has 0 aliphatic heterocycles. The SMILES string of the molecule is C=C/C=C(/c1cc(F)cc(OCCN(C)C)c1)c1cc(-c2n[nH]c3cnc(-c4cccc(CN(C)C)c4)cc23)[nH]c1C. The lowest BCUT2D eigenvalue weighted by Gasteiger charge is -2.13. The molecule has 0 aliphatic rings. The van der Waals surface area contributed by atoms with Gasteiger partial charge in [0.05, 0.1) is 23.1 Å². The van der Waals surface area contributed by atoms with Crippen LogP contribution < -0.4 is 4.74 Å². The maximum atomic E-state index is 14.7. The quantitative estimate of drug-likeness (QED) is 0.175. The Morgan fingerprint density at radius 2 is 1.88 bits per heavy atom. The van der Waals surface area contributed by atoms with Crippen molar-refractivity contribution in [3.63, 3.8) is 0 Å². The van der Waals surface area contributed by atoms with Crippen LogP contribution in [0.3, 0.4) is 0 Å². The molecule has 2 N–H and O–H groups in total. The summed E-state index contributed by atoms with van der Waals surface area (Å²) >= 11 is 0. The summed E-state index contributed by atoms with van der Waals surface area (Å²) in [5.41, 5.74) is 9.04. The second kappa shape index (κ2) is 12.5. The number of aromatic nitrogens is 4. The lowest BCUT2D eigenvalue weighted by atomic mass is 9.97. The van der Waals surface area contributed by atoms with Crippen molar-refractivity contribution in [2.75, 3.05) is 41.3 Å². The molecule has 0 atom stereocenters. The number of hydrogen-bond donors (Lipinski definition) is 2. The van der Waals surface area contributed by atoms with Gasteiger partial charge in [0.1, 0.15) is 23.9 Å². The third-order valence-electron chi connectivity index (χ3n) is 7.00. The number of H-pyrrole nitrogens is 2. The molecule has 7 nitrogen and oxygen atoms in total. The molecular weight excluding hydrogens is 527 g/mol. The Labute approximate surface area is 246 Å². The largest absolute Gasteiger partial charge is 0.492 e. The molecule has 5 rings (SSSR count). The number of pyridine rings is 1. The third kappa shape index (κ3) is 6.51. The molecule has 0 aliphatic carbocycles. The Kier molecular flexibility index (Phi) is 8.66. The number of hydrogen-bond acceptors (Lipinski definition) is 5. The lowest BCUT2D eigenvalue weighted by Crippen LogP contribution is -2.19. The number of benzene rings is 2. The standard InChI is InChI=1S/C34H37FN6O/c1-7-9-28(25-15-26(35)17-27(16-25)42-13-12-40(3)4)29-18-32(37-22(29)2)34-30-19-31(36-20-33(30)38-39-34)24-11-8-10-23(14-24)21-41(5)6/h7-11,14-20,37H,1,12-13,21H2,2-6H3,(H,38,39)/b28-9-. The summed E-state index contributed by atoms with van der Waals surface area (Å²) in [5, 5.41) is 8.72. The predicted octanol–water partition coefficient (Wildman–Crippen LogP) is 6.69. The molecule has 0 amide bonds. The molecule has 0 saturated carbocycles. The first-order valence-corrected chi connectivity index (χ1v) is 13.9. The third-order valence-corrected chi connectivity index (χ3v) is 7.00. The highest BCUT2D eigenvalue weighted by Crippen LogP contribution is 2.35. The van der Waals surface area contributed by atoms with Crippen LogP contribution in [0.25, 0.3) is 39.1 Å². The molecule has 0 bridgehead atoms. The molecule has 0 unspecified atom stereocenters. The van der Waals surface area contributed by atoms with E-state index in [4.69, 9.17) is 9.72 Å². The van der Waals surface area contributed by atoms with Crippen molar-refractivity contribution in [3.05, 3.63) is 108 Å². The highest BCUT2D eigenvalue weighted by Gasteiger charge is 2.18. The Morgan fingerprint density at radius 3 is 2.64 bits per heavy atom. The minimum absolute atomic E-state index is 0.358. The minimum Gasteiger partial charge on any atom is -0.492 e. The first-order chi connectivity index (χ1) is 20.2. The zero-order valence-corrected chi connectivity index (χ0v) is 24.8. The van der Waals surface area contributed by atoms with Crippen molar-refractivity contribution in [3.8, 4) is 28.4 Å². The average Bonchev–Trinajstić information content (AvgIpc) is 3.53. The van der Waals surface area contributed by atoms with Gasteiger partial charge in [0.15, 0.2) is 0 Å². The highest BCUT2D eigenvalue weighted by molar-refractivity contribution is 5.95. The van der Waals surface area contributed by atoms with E-state index in [0.717, 1.165) is 63.5 Å². The van der Waals surface area contributed by atoms with Crippen LogP contribution in [0.4, 0.5) is 4.39 Å². The van der Waals surface area contributed by atoms with E-state index in [9.17, 15) is 4.39 Å². The van der Waals surface area contributed by atoms with Gasteiger partial charge in [-0.05, 0) is 82.1 Å². The summed E-state index contributed by atoms with van der Waals surface area (Å²) in [4.78, 5) is 12.4. The van der Waals surface area contributed by atoms with Crippen LogP contribution >= 0.6 is 0 Å². The second-order valence-corrected chi connectivity index (χ2v) is 11.0. The van der Waals surface area contributed by atoms with Gasteiger partial charge in [0, 0.05) is 41.4 Å². The van der Waals surface area contributed by atoms with Crippen molar-refractivity contribution >= 4 is 16.5 Å². The smallest absolute Gasteiger partial charge is 0.127 e. The van der Waals surface area contributed by atoms with Gasteiger partial charge in [-0.2, -0.15) is 5.10 Å². The number of aromatic amines is 2. The summed E-state index contributed by atoms with van der Waals surface area (Å²) in [7, 11) is 8.07. The second-order valence-electron chi connectivity index (χ2n) is 11.0. The van der Waals surface area contributed by atoms with Crippen molar-refractivity contribution in [2.24, 2.45) is 0 Å². The molecule has 0 spiro atoms. The predicted molar refractivity (Wildman–Crippen MR) is 169 cm³/mol. The van der Waals surface area contributed by atoms with Gasteiger partial charge in [0.2, 0.25) is 0 Å². The number of halogens is 1. The summed E-state index contributed by atoms with van der Waals surface area (Å²) in [6.45, 7) is 7.96. The van der Waals surface area contributed by atoms with Crippen LogP contribution in [0.1, 0.15) is 22.4 Å². The average molecular weight is 565 g/mol. The Balaban J connectivity index is 1.51. The van der Waals surface area contributed by atoms with E-state index in [1.54, 1.807) is 6.08 Å². The molecule has 0 saturated heterocycles. The fourth-order valence-corrected chi connectivity index (χ4v) is 5.05. The van der Waals surface area contributed by atoms with Crippen molar-refractivity contribution in [1.82, 2.24) is 30.0 Å². The Hall–Kier alpha value is -4.53. The van der Waals surface area contributed by atoms with Crippen LogP contribution in [0.2, 0.25) is 0 Å². The van der Waals surface area contributed by atoms with E-state index >= 15 is 0 Å². The Bertz CT molecular complexity index is 1750. The van der Waals surface area contributed by atoms with Crippen LogP contribution in [-0.4, -0.2) is 71.3 Å². The van der Waals surface area contributed by atoms with Crippen molar-refractivity contribution in [2.45, 2.75) is 13.5 Å². The first kappa shape index (κ1) is 29.0. The molecule has 3 heterocycles. The van der Waals surface area contributed by atoms with Crippen molar-refractivity contribution in [1.29, 1.82) is 0 Å². The zero-order valence-electron chi connectivity index (χ0n) is 24.8. The molecule has 8 heteroatoms. The molecular formula is C34H37FN6O. The van der Waals surface area contributed by atoms with Crippen LogP contribution in [0.5, 0.6) is 5.75 Å². The van der Waals surface area contributed by atoms with Crippen LogP contribution in [0.15, 0.2) is 79.5 Å². The summed E-state index contributed by atoms with van der Waals surface area (Å²) in [6, 6.07) is 17.4. The van der Waals surface area contributed by atoms with Gasteiger partial charge in [-0.3, -0.25) is 10.1 Å². The number of rotatable bonds is 11. The molecule has 0 fully saturated rings. The maximum absolute atomic E-state index is 14.7. The van der Waals surface area contributed by atoms with E-state index in [-0.39, 0.29) is 5.82 Å². The van der Waals surface area contributed by atoms with Crippen LogP contribution in [0, 0.1) is 12.7 Å². The summed E-state index contributed by atoms with van der Waals surface area (Å²) in [6.07, 6.45) is 5.43. The molecule has 2 aromatic carbocycles. The fraction of sp³-hybridized carbons (Fsp3) is 0.235. The summed E-state index contributed by atoms with van der Waals surface area (Å²) in [5.74, 6) is 0.131. The normalized spacial score (nSPS) is 12.0. The van der Waals surface area contributed by atoms with Gasteiger partial charge in [0.25, 0.3) is 0 Å². The number of aryl methyl sites for hydroxylation is 1. The lowest BCUT2D eigenvalue weighted by molar-refractivity contribution is 0.260. The molecule has 0 radical (unpaired) electrons. The number of ether oxygens (including phenoxy) is 1. The fourth-order valence-electron chi connectivity index (χ4n) is 5.05. The monoisotopic (exact) mass is 564 g/mol. The van der Waals surface area contributed by atoms with E-state index in [1.165, 1.54) is 17.7 Å².